The highest BCUT2D eigenvalue weighted by Gasteiger charge is 2.26. The first-order valence-corrected chi connectivity index (χ1v) is 6.07. The van der Waals surface area contributed by atoms with Crippen LogP contribution in [0, 0.1) is 0 Å². The number of aliphatic hydroxyl groups is 1. The number of hydrogen-bond donors (Lipinski definition) is 4. The van der Waals surface area contributed by atoms with Gasteiger partial charge in [-0.15, -0.1) is 0 Å². The Hall–Kier alpha value is -2.08. The quantitative estimate of drug-likeness (QED) is 0.606. The summed E-state index contributed by atoms with van der Waals surface area (Å²) in [6.07, 6.45) is 0.202. The average Bonchev–Trinajstić information content (AvgIpc) is 2.79. The third-order valence-corrected chi connectivity index (χ3v) is 3.19. The third kappa shape index (κ3) is 3.03. The van der Waals surface area contributed by atoms with Gasteiger partial charge in [0, 0.05) is 24.6 Å². The smallest absolute Gasteiger partial charge is 0.328 e. The maximum absolute atomic E-state index is 11.8. The monoisotopic (exact) mass is 264 g/mol. The van der Waals surface area contributed by atoms with E-state index in [1.807, 2.05) is 24.3 Å². The van der Waals surface area contributed by atoms with Gasteiger partial charge in [-0.1, -0.05) is 18.2 Å². The molecule has 0 fully saturated rings. The zero-order chi connectivity index (χ0) is 13.8. The molecule has 1 aromatic carbocycles. The summed E-state index contributed by atoms with van der Waals surface area (Å²) in [5.41, 5.74) is 2.07. The number of nitrogens with one attached hydrogen (secondary N) is 2. The zero-order valence-electron chi connectivity index (χ0n) is 10.3. The fraction of sp³-hybridized carbons (Fsp3) is 0.385. The highest BCUT2D eigenvalue weighted by molar-refractivity contribution is 5.84. The Morgan fingerprint density at radius 3 is 2.84 bits per heavy atom. The third-order valence-electron chi connectivity index (χ3n) is 3.19. The molecule has 0 saturated carbocycles. The minimum atomic E-state index is -1.24. The van der Waals surface area contributed by atoms with E-state index in [0.717, 1.165) is 11.3 Å². The number of anilines is 1. The highest BCUT2D eigenvalue weighted by Crippen LogP contribution is 2.32. The molecule has 0 spiro atoms. The molecule has 4 N–H and O–H groups in total. The summed E-state index contributed by atoms with van der Waals surface area (Å²) < 4.78 is 0. The van der Waals surface area contributed by atoms with Crippen molar-refractivity contribution < 1.29 is 19.8 Å². The lowest BCUT2D eigenvalue weighted by Crippen LogP contribution is -2.43. The fourth-order valence-electron chi connectivity index (χ4n) is 2.20. The van der Waals surface area contributed by atoms with E-state index in [0.29, 0.717) is 6.54 Å². The maximum Gasteiger partial charge on any atom is 0.328 e. The Kier molecular flexibility index (Phi) is 4.01. The van der Waals surface area contributed by atoms with E-state index < -0.39 is 18.6 Å². The summed E-state index contributed by atoms with van der Waals surface area (Å²) >= 11 is 0. The van der Waals surface area contributed by atoms with Gasteiger partial charge in [-0.25, -0.2) is 4.79 Å². The van der Waals surface area contributed by atoms with Gasteiger partial charge in [0.15, 0.2) is 0 Å². The average molecular weight is 264 g/mol. The number of amides is 1. The van der Waals surface area contributed by atoms with Crippen LogP contribution in [0.1, 0.15) is 17.9 Å². The normalized spacial score (nSPS) is 18.3. The van der Waals surface area contributed by atoms with Gasteiger partial charge in [0.1, 0.15) is 6.04 Å². The molecule has 1 aromatic rings. The lowest BCUT2D eigenvalue weighted by Gasteiger charge is -2.14. The topological polar surface area (TPSA) is 98.7 Å². The number of carboxylic acids is 1. The molecule has 19 heavy (non-hydrogen) atoms. The molecule has 6 heteroatoms. The number of fused-ring (bicyclic) bond motifs is 1. The molecule has 1 aliphatic rings. The summed E-state index contributed by atoms with van der Waals surface area (Å²) in [6, 6.07) is 6.48. The van der Waals surface area contributed by atoms with Crippen molar-refractivity contribution in [2.45, 2.75) is 18.4 Å². The largest absolute Gasteiger partial charge is 0.480 e. The lowest BCUT2D eigenvalue weighted by molar-refractivity contribution is -0.143. The Bertz CT molecular complexity index is 489. The Morgan fingerprint density at radius 2 is 2.16 bits per heavy atom. The molecule has 1 heterocycles. The predicted molar refractivity (Wildman–Crippen MR) is 68.9 cm³/mol. The van der Waals surface area contributed by atoms with Crippen LogP contribution in [0.3, 0.4) is 0 Å². The van der Waals surface area contributed by atoms with Gasteiger partial charge >= 0.3 is 5.97 Å². The van der Waals surface area contributed by atoms with E-state index in [2.05, 4.69) is 10.6 Å². The zero-order valence-corrected chi connectivity index (χ0v) is 10.3. The molecule has 0 aliphatic carbocycles. The first-order chi connectivity index (χ1) is 9.11. The van der Waals surface area contributed by atoms with Crippen molar-refractivity contribution in [3.05, 3.63) is 29.8 Å². The van der Waals surface area contributed by atoms with Crippen molar-refractivity contribution >= 4 is 17.6 Å². The molecule has 102 valence electrons. The van der Waals surface area contributed by atoms with E-state index >= 15 is 0 Å². The number of aliphatic hydroxyl groups excluding tert-OH is 1. The van der Waals surface area contributed by atoms with Crippen LogP contribution >= 0.6 is 0 Å². The first-order valence-electron chi connectivity index (χ1n) is 6.07. The van der Waals surface area contributed by atoms with Crippen LogP contribution in [0.5, 0.6) is 0 Å². The van der Waals surface area contributed by atoms with Crippen LogP contribution in [-0.4, -0.2) is 41.3 Å². The maximum atomic E-state index is 11.8. The van der Waals surface area contributed by atoms with E-state index in [4.69, 9.17) is 10.2 Å². The summed E-state index contributed by atoms with van der Waals surface area (Å²) in [5, 5.41) is 23.1. The van der Waals surface area contributed by atoms with Crippen molar-refractivity contribution in [3.8, 4) is 0 Å². The minimum absolute atomic E-state index is 0.0318. The summed E-state index contributed by atoms with van der Waals surface area (Å²) in [4.78, 5) is 22.5. The number of carboxylic acid groups (broad SMARTS) is 1. The number of hydrogen-bond acceptors (Lipinski definition) is 4. The van der Waals surface area contributed by atoms with Crippen LogP contribution in [0.25, 0.3) is 0 Å². The number of para-hydroxylation sites is 1. The Morgan fingerprint density at radius 1 is 1.42 bits per heavy atom. The van der Waals surface area contributed by atoms with Gasteiger partial charge in [0.05, 0.1) is 6.61 Å². The van der Waals surface area contributed by atoms with Gasteiger partial charge in [-0.2, -0.15) is 0 Å². The molecule has 6 nitrogen and oxygen atoms in total. The molecule has 1 unspecified atom stereocenters. The van der Waals surface area contributed by atoms with Crippen molar-refractivity contribution in [2.24, 2.45) is 0 Å². The molecular weight excluding hydrogens is 248 g/mol. The van der Waals surface area contributed by atoms with E-state index in [1.165, 1.54) is 0 Å². The molecule has 2 atom stereocenters. The fourth-order valence-corrected chi connectivity index (χ4v) is 2.20. The van der Waals surface area contributed by atoms with Crippen molar-refractivity contribution in [1.29, 1.82) is 0 Å². The second-order valence-corrected chi connectivity index (χ2v) is 4.51. The number of carbonyl (C=O) groups is 2. The molecule has 0 bridgehead atoms. The molecule has 2 rings (SSSR count). The Balaban J connectivity index is 1.96. The molecular formula is C13H16N2O4. The van der Waals surface area contributed by atoms with Crippen LogP contribution in [0.2, 0.25) is 0 Å². The van der Waals surface area contributed by atoms with Crippen molar-refractivity contribution in [3.63, 3.8) is 0 Å². The van der Waals surface area contributed by atoms with Gasteiger partial charge in [-0.05, 0) is 11.6 Å². The second-order valence-electron chi connectivity index (χ2n) is 4.51. The van der Waals surface area contributed by atoms with E-state index in [1.54, 1.807) is 0 Å². The van der Waals surface area contributed by atoms with Crippen LogP contribution < -0.4 is 10.6 Å². The van der Waals surface area contributed by atoms with E-state index in [-0.39, 0.29) is 18.2 Å². The SMILES string of the molecule is O=C(CC1CNc2ccccc21)N[C@@H](CO)C(=O)O. The van der Waals surface area contributed by atoms with Crippen molar-refractivity contribution in [1.82, 2.24) is 5.32 Å². The molecule has 0 saturated heterocycles. The van der Waals surface area contributed by atoms with Gasteiger partial charge in [-0.3, -0.25) is 4.79 Å². The summed E-state index contributed by atoms with van der Waals surface area (Å²) in [7, 11) is 0. The first kappa shape index (κ1) is 13.4. The molecule has 1 aliphatic heterocycles. The van der Waals surface area contributed by atoms with Gasteiger partial charge in [0.2, 0.25) is 5.91 Å². The van der Waals surface area contributed by atoms with Crippen LogP contribution in [0.4, 0.5) is 5.69 Å². The highest BCUT2D eigenvalue weighted by atomic mass is 16.4. The van der Waals surface area contributed by atoms with Gasteiger partial charge in [0.25, 0.3) is 0 Å². The standard InChI is InChI=1S/C13H16N2O4/c16-7-11(13(18)19)15-12(17)5-8-6-14-10-4-2-1-3-9(8)10/h1-4,8,11,14,16H,5-7H2,(H,15,17)(H,18,19)/t8?,11-/m0/s1. The van der Waals surface area contributed by atoms with Crippen LogP contribution in [-0.2, 0) is 9.59 Å². The predicted octanol–water partition coefficient (Wildman–Crippen LogP) is 0.147. The van der Waals surface area contributed by atoms with Crippen LogP contribution in [0.15, 0.2) is 24.3 Å². The molecule has 0 radical (unpaired) electrons. The number of benzene rings is 1. The number of aliphatic carboxylic acids is 1. The second kappa shape index (κ2) is 5.71. The molecule has 1 amide bonds. The van der Waals surface area contributed by atoms with Gasteiger partial charge < -0.3 is 20.8 Å². The summed E-state index contributed by atoms with van der Waals surface area (Å²) in [5.74, 6) is -1.57. The Labute approximate surface area is 110 Å². The minimum Gasteiger partial charge on any atom is -0.480 e. The molecule has 0 aromatic heterocycles. The number of rotatable bonds is 5. The van der Waals surface area contributed by atoms with E-state index in [9.17, 15) is 9.59 Å². The lowest BCUT2D eigenvalue weighted by atomic mass is 9.97. The van der Waals surface area contributed by atoms with Crippen molar-refractivity contribution in [2.75, 3.05) is 18.5 Å². The summed E-state index contributed by atoms with van der Waals surface area (Å²) in [6.45, 7) is 0.0458. The number of carbonyl (C=O) groups excluding carboxylic acids is 1.